The smallest absolute Gasteiger partial charge is 0.0687 e. The summed E-state index contributed by atoms with van der Waals surface area (Å²) in [5, 5.41) is 0. The van der Waals surface area contributed by atoms with Gasteiger partial charge in [0.15, 0.2) is 0 Å². The maximum atomic E-state index is 6.39. The maximum absolute atomic E-state index is 6.39. The quantitative estimate of drug-likeness (QED) is 0.645. The number of nitrogens with two attached hydrogens (primary N) is 1. The predicted octanol–water partition coefficient (Wildman–Crippen LogP) is 1.70. The molecule has 0 unspecified atom stereocenters. The zero-order valence-corrected chi connectivity index (χ0v) is 7.89. The van der Waals surface area contributed by atoms with Gasteiger partial charge >= 0.3 is 0 Å². The topological polar surface area (TPSA) is 29.3 Å². The first-order valence-electron chi connectivity index (χ1n) is 5.35. The second-order valence-corrected chi connectivity index (χ2v) is 4.36. The fourth-order valence-corrected chi connectivity index (χ4v) is 2.64. The molecule has 1 aliphatic heterocycles. The minimum absolute atomic E-state index is 0.0920. The van der Waals surface area contributed by atoms with Crippen LogP contribution in [0.1, 0.15) is 44.9 Å². The average molecular weight is 168 g/mol. The van der Waals surface area contributed by atoms with E-state index < -0.39 is 0 Å². The van der Waals surface area contributed by atoms with Gasteiger partial charge in [0, 0.05) is 0 Å². The van der Waals surface area contributed by atoms with E-state index in [0.717, 1.165) is 0 Å². The zero-order valence-electron chi connectivity index (χ0n) is 7.89. The molecule has 2 heteroatoms. The van der Waals surface area contributed by atoms with Crippen molar-refractivity contribution in [1.82, 2.24) is 4.90 Å². The van der Waals surface area contributed by atoms with E-state index >= 15 is 0 Å². The van der Waals surface area contributed by atoms with Crippen LogP contribution < -0.4 is 5.73 Å². The molecule has 2 N–H and O–H groups in total. The van der Waals surface area contributed by atoms with Crippen molar-refractivity contribution >= 4 is 0 Å². The second-order valence-electron chi connectivity index (χ2n) is 4.36. The average Bonchev–Trinajstić information content (AvgIpc) is 2.58. The Morgan fingerprint density at radius 1 is 0.833 bits per heavy atom. The molecular weight excluding hydrogens is 148 g/mol. The lowest BCUT2D eigenvalue weighted by Crippen LogP contribution is -2.55. The molecule has 70 valence electrons. The summed E-state index contributed by atoms with van der Waals surface area (Å²) in [7, 11) is 0. The SMILES string of the molecule is NC1(N2CCCC2)CCCCC1. The van der Waals surface area contributed by atoms with Crippen molar-refractivity contribution in [2.45, 2.75) is 50.6 Å². The Labute approximate surface area is 75.1 Å². The minimum Gasteiger partial charge on any atom is -0.313 e. The van der Waals surface area contributed by atoms with Crippen molar-refractivity contribution in [2.24, 2.45) is 5.73 Å². The number of rotatable bonds is 1. The van der Waals surface area contributed by atoms with Crippen LogP contribution in [-0.2, 0) is 0 Å². The normalized spacial score (nSPS) is 30.8. The lowest BCUT2D eigenvalue weighted by molar-refractivity contribution is 0.0792. The molecule has 2 fully saturated rings. The van der Waals surface area contributed by atoms with E-state index in [2.05, 4.69) is 4.90 Å². The summed E-state index contributed by atoms with van der Waals surface area (Å²) in [6.45, 7) is 2.49. The first-order chi connectivity index (χ1) is 5.81. The molecule has 0 spiro atoms. The predicted molar refractivity (Wildman–Crippen MR) is 50.8 cm³/mol. The monoisotopic (exact) mass is 168 g/mol. The minimum atomic E-state index is 0.0920. The van der Waals surface area contributed by atoms with E-state index in [1.165, 1.54) is 58.0 Å². The maximum Gasteiger partial charge on any atom is 0.0687 e. The molecule has 1 aliphatic carbocycles. The summed E-state index contributed by atoms with van der Waals surface area (Å²) in [4.78, 5) is 2.52. The van der Waals surface area contributed by atoms with Crippen molar-refractivity contribution in [3.63, 3.8) is 0 Å². The Balaban J connectivity index is 1.97. The molecule has 1 heterocycles. The highest BCUT2D eigenvalue weighted by molar-refractivity contribution is 4.89. The lowest BCUT2D eigenvalue weighted by atomic mass is 9.88. The fourth-order valence-electron chi connectivity index (χ4n) is 2.64. The van der Waals surface area contributed by atoms with E-state index in [-0.39, 0.29) is 5.66 Å². The molecule has 2 nitrogen and oxygen atoms in total. The van der Waals surface area contributed by atoms with E-state index in [1.807, 2.05) is 0 Å². The van der Waals surface area contributed by atoms with Gasteiger partial charge in [-0.3, -0.25) is 4.90 Å². The van der Waals surface area contributed by atoms with Gasteiger partial charge in [-0.25, -0.2) is 0 Å². The highest BCUT2D eigenvalue weighted by Gasteiger charge is 2.34. The van der Waals surface area contributed by atoms with E-state index in [0.29, 0.717) is 0 Å². The lowest BCUT2D eigenvalue weighted by Gasteiger charge is -2.41. The van der Waals surface area contributed by atoms with Gasteiger partial charge in [0.25, 0.3) is 0 Å². The molecule has 0 aromatic rings. The van der Waals surface area contributed by atoms with Gasteiger partial charge in [0.1, 0.15) is 0 Å². The highest BCUT2D eigenvalue weighted by Crippen LogP contribution is 2.31. The third kappa shape index (κ3) is 1.50. The van der Waals surface area contributed by atoms with Crippen LogP contribution in [0.25, 0.3) is 0 Å². The van der Waals surface area contributed by atoms with E-state index in [9.17, 15) is 0 Å². The van der Waals surface area contributed by atoms with Crippen LogP contribution in [0.4, 0.5) is 0 Å². The van der Waals surface area contributed by atoms with Crippen LogP contribution in [0.2, 0.25) is 0 Å². The Morgan fingerprint density at radius 2 is 1.42 bits per heavy atom. The fraction of sp³-hybridized carbons (Fsp3) is 1.00. The van der Waals surface area contributed by atoms with Crippen LogP contribution in [0, 0.1) is 0 Å². The number of hydrogen-bond donors (Lipinski definition) is 1. The summed E-state index contributed by atoms with van der Waals surface area (Å²) < 4.78 is 0. The molecule has 0 bridgehead atoms. The molecule has 12 heavy (non-hydrogen) atoms. The molecule has 0 aromatic carbocycles. The number of likely N-dealkylation sites (tertiary alicyclic amines) is 1. The Kier molecular flexibility index (Phi) is 2.37. The summed E-state index contributed by atoms with van der Waals surface area (Å²) in [6.07, 6.45) is 9.25. The van der Waals surface area contributed by atoms with Gasteiger partial charge in [-0.1, -0.05) is 19.3 Å². The van der Waals surface area contributed by atoms with Crippen molar-refractivity contribution in [1.29, 1.82) is 0 Å². The molecule has 2 rings (SSSR count). The molecule has 0 atom stereocenters. The Hall–Kier alpha value is -0.0800. The third-order valence-electron chi connectivity index (χ3n) is 3.46. The molecule has 1 saturated heterocycles. The third-order valence-corrected chi connectivity index (χ3v) is 3.46. The molecule has 0 aromatic heterocycles. The molecule has 0 amide bonds. The highest BCUT2D eigenvalue weighted by atomic mass is 15.3. The van der Waals surface area contributed by atoms with Gasteiger partial charge in [0.05, 0.1) is 5.66 Å². The Bertz CT molecular complexity index is 144. The number of nitrogens with zero attached hydrogens (tertiary/aromatic N) is 1. The number of hydrogen-bond acceptors (Lipinski definition) is 2. The standard InChI is InChI=1S/C10H20N2/c11-10(6-2-1-3-7-10)12-8-4-5-9-12/h1-9,11H2. The van der Waals surface area contributed by atoms with Crippen molar-refractivity contribution in [2.75, 3.05) is 13.1 Å². The first kappa shape index (κ1) is 8.52. The van der Waals surface area contributed by atoms with Gasteiger partial charge in [-0.2, -0.15) is 0 Å². The van der Waals surface area contributed by atoms with Crippen LogP contribution in [0.5, 0.6) is 0 Å². The van der Waals surface area contributed by atoms with Crippen LogP contribution in [0.3, 0.4) is 0 Å². The van der Waals surface area contributed by atoms with Gasteiger partial charge < -0.3 is 5.73 Å². The summed E-state index contributed by atoms with van der Waals surface area (Å²) in [5.41, 5.74) is 6.48. The van der Waals surface area contributed by atoms with Crippen LogP contribution >= 0.6 is 0 Å². The second kappa shape index (κ2) is 3.35. The Morgan fingerprint density at radius 3 is 2.00 bits per heavy atom. The molecule has 1 saturated carbocycles. The van der Waals surface area contributed by atoms with Crippen LogP contribution in [0.15, 0.2) is 0 Å². The van der Waals surface area contributed by atoms with Crippen molar-refractivity contribution in [3.8, 4) is 0 Å². The summed E-state index contributed by atoms with van der Waals surface area (Å²) in [5.74, 6) is 0. The zero-order chi connectivity index (χ0) is 8.44. The van der Waals surface area contributed by atoms with Crippen LogP contribution in [-0.4, -0.2) is 23.7 Å². The van der Waals surface area contributed by atoms with Crippen molar-refractivity contribution in [3.05, 3.63) is 0 Å². The van der Waals surface area contributed by atoms with Gasteiger partial charge in [0.2, 0.25) is 0 Å². The summed E-state index contributed by atoms with van der Waals surface area (Å²) in [6, 6.07) is 0. The van der Waals surface area contributed by atoms with E-state index in [1.54, 1.807) is 0 Å². The van der Waals surface area contributed by atoms with E-state index in [4.69, 9.17) is 5.73 Å². The molecular formula is C10H20N2. The largest absolute Gasteiger partial charge is 0.313 e. The van der Waals surface area contributed by atoms with Gasteiger partial charge in [-0.05, 0) is 38.8 Å². The van der Waals surface area contributed by atoms with Crippen molar-refractivity contribution < 1.29 is 0 Å². The van der Waals surface area contributed by atoms with Gasteiger partial charge in [-0.15, -0.1) is 0 Å². The first-order valence-corrected chi connectivity index (χ1v) is 5.35. The molecule has 2 aliphatic rings. The summed E-state index contributed by atoms with van der Waals surface area (Å²) >= 11 is 0. The molecule has 0 radical (unpaired) electrons.